The highest BCUT2D eigenvalue weighted by Crippen LogP contribution is 2.21. The molecule has 0 radical (unpaired) electrons. The summed E-state index contributed by atoms with van der Waals surface area (Å²) < 4.78 is 5.41. The first-order valence-corrected chi connectivity index (χ1v) is 8.82. The number of aromatic amines is 1. The molecular formula is C22H19N3O2. The number of anilines is 1. The van der Waals surface area contributed by atoms with Gasteiger partial charge in [0, 0.05) is 16.8 Å². The molecule has 1 heterocycles. The van der Waals surface area contributed by atoms with Gasteiger partial charge in [-0.2, -0.15) is 0 Å². The van der Waals surface area contributed by atoms with Crippen LogP contribution >= 0.6 is 0 Å². The maximum atomic E-state index is 12.4. The molecule has 27 heavy (non-hydrogen) atoms. The van der Waals surface area contributed by atoms with Crippen molar-refractivity contribution in [1.29, 1.82) is 0 Å². The van der Waals surface area contributed by atoms with E-state index in [9.17, 15) is 4.79 Å². The number of amides is 1. The van der Waals surface area contributed by atoms with E-state index in [4.69, 9.17) is 4.74 Å². The fraction of sp³-hybridized carbons (Fsp3) is 0.0909. The molecule has 2 N–H and O–H groups in total. The molecule has 0 aliphatic rings. The summed E-state index contributed by atoms with van der Waals surface area (Å²) in [6, 6.07) is 22.6. The summed E-state index contributed by atoms with van der Waals surface area (Å²) in [5.74, 6) is 1.41. The fourth-order valence-electron chi connectivity index (χ4n) is 2.87. The Labute approximate surface area is 157 Å². The lowest BCUT2D eigenvalue weighted by molar-refractivity contribution is 0.102. The van der Waals surface area contributed by atoms with Crippen LogP contribution in [0.2, 0.25) is 0 Å². The molecule has 0 unspecified atom stereocenters. The fourth-order valence-corrected chi connectivity index (χ4v) is 2.87. The molecule has 1 amide bonds. The maximum Gasteiger partial charge on any atom is 0.255 e. The van der Waals surface area contributed by atoms with Crippen molar-refractivity contribution in [1.82, 2.24) is 9.97 Å². The van der Waals surface area contributed by atoms with Crippen LogP contribution in [0.4, 0.5) is 5.69 Å². The predicted octanol–water partition coefficient (Wildman–Crippen LogP) is 4.88. The van der Waals surface area contributed by atoms with Crippen molar-refractivity contribution in [3.05, 3.63) is 78.4 Å². The van der Waals surface area contributed by atoms with E-state index in [0.717, 1.165) is 33.9 Å². The number of benzene rings is 3. The van der Waals surface area contributed by atoms with Crippen LogP contribution in [0.3, 0.4) is 0 Å². The summed E-state index contributed by atoms with van der Waals surface area (Å²) >= 11 is 0. The van der Waals surface area contributed by atoms with Crippen molar-refractivity contribution in [2.45, 2.75) is 6.92 Å². The number of nitrogens with zero attached hydrogens (tertiary/aromatic N) is 1. The van der Waals surface area contributed by atoms with Gasteiger partial charge in [0.1, 0.15) is 11.6 Å². The normalized spacial score (nSPS) is 10.7. The molecule has 5 nitrogen and oxygen atoms in total. The highest BCUT2D eigenvalue weighted by atomic mass is 16.5. The zero-order valence-corrected chi connectivity index (χ0v) is 14.9. The van der Waals surface area contributed by atoms with E-state index >= 15 is 0 Å². The molecule has 4 aromatic rings. The number of hydrogen-bond donors (Lipinski definition) is 2. The quantitative estimate of drug-likeness (QED) is 0.535. The smallest absolute Gasteiger partial charge is 0.255 e. The average molecular weight is 357 g/mol. The second-order valence-electron chi connectivity index (χ2n) is 6.09. The number of aromatic nitrogens is 2. The molecule has 0 bridgehead atoms. The van der Waals surface area contributed by atoms with Crippen molar-refractivity contribution in [2.75, 3.05) is 11.9 Å². The minimum Gasteiger partial charge on any atom is -0.494 e. The second kappa shape index (κ2) is 7.33. The van der Waals surface area contributed by atoms with Crippen LogP contribution in [0.25, 0.3) is 22.4 Å². The highest BCUT2D eigenvalue weighted by Gasteiger charge is 2.09. The third-order valence-corrected chi connectivity index (χ3v) is 4.23. The number of carbonyl (C=O) groups is 1. The lowest BCUT2D eigenvalue weighted by atomic mass is 10.1. The minimum atomic E-state index is -0.157. The van der Waals surface area contributed by atoms with Crippen LogP contribution in [0.15, 0.2) is 72.8 Å². The van der Waals surface area contributed by atoms with Crippen molar-refractivity contribution >= 4 is 22.6 Å². The Balaban J connectivity index is 1.48. The Morgan fingerprint density at radius 2 is 1.74 bits per heavy atom. The number of carbonyl (C=O) groups excluding carboxylic acids is 1. The first-order valence-electron chi connectivity index (χ1n) is 8.82. The molecule has 134 valence electrons. The van der Waals surface area contributed by atoms with Crippen LogP contribution in [0, 0.1) is 0 Å². The summed E-state index contributed by atoms with van der Waals surface area (Å²) in [5.41, 5.74) is 4.16. The summed E-state index contributed by atoms with van der Waals surface area (Å²) in [4.78, 5) is 20.3. The third-order valence-electron chi connectivity index (χ3n) is 4.23. The van der Waals surface area contributed by atoms with E-state index in [2.05, 4.69) is 15.3 Å². The predicted molar refractivity (Wildman–Crippen MR) is 107 cm³/mol. The number of para-hydroxylation sites is 2. The van der Waals surface area contributed by atoms with E-state index < -0.39 is 0 Å². The Hall–Kier alpha value is -3.60. The molecule has 5 heteroatoms. The molecule has 0 spiro atoms. The number of imidazole rings is 1. The SMILES string of the molecule is CCOc1ccc(NC(=O)c2ccc(-c3nc4ccccc4[nH]3)cc2)cc1. The summed E-state index contributed by atoms with van der Waals surface area (Å²) in [5, 5.41) is 2.89. The van der Waals surface area contributed by atoms with Gasteiger partial charge in [-0.25, -0.2) is 4.98 Å². The monoisotopic (exact) mass is 357 g/mol. The van der Waals surface area contributed by atoms with E-state index in [0.29, 0.717) is 12.2 Å². The first-order chi connectivity index (χ1) is 13.2. The van der Waals surface area contributed by atoms with Gasteiger partial charge in [0.2, 0.25) is 0 Å². The van der Waals surface area contributed by atoms with Crippen LogP contribution < -0.4 is 10.1 Å². The number of H-pyrrole nitrogens is 1. The molecule has 1 aromatic heterocycles. The largest absolute Gasteiger partial charge is 0.494 e. The van der Waals surface area contributed by atoms with Gasteiger partial charge in [0.25, 0.3) is 5.91 Å². The van der Waals surface area contributed by atoms with Gasteiger partial charge in [0.05, 0.1) is 17.6 Å². The molecule has 0 saturated carbocycles. The van der Waals surface area contributed by atoms with Gasteiger partial charge in [-0.3, -0.25) is 4.79 Å². The van der Waals surface area contributed by atoms with Crippen molar-refractivity contribution in [3.63, 3.8) is 0 Å². The summed E-state index contributed by atoms with van der Waals surface area (Å²) in [6.07, 6.45) is 0. The van der Waals surface area contributed by atoms with Gasteiger partial charge >= 0.3 is 0 Å². The molecule has 0 fully saturated rings. The topological polar surface area (TPSA) is 67.0 Å². The van der Waals surface area contributed by atoms with E-state index in [1.54, 1.807) is 12.1 Å². The standard InChI is InChI=1S/C22H19N3O2/c1-2-27-18-13-11-17(12-14-18)23-22(26)16-9-7-15(8-10-16)21-24-19-5-3-4-6-20(19)25-21/h3-14H,2H2,1H3,(H,23,26)(H,24,25). The Morgan fingerprint density at radius 1 is 1.00 bits per heavy atom. The molecule has 3 aromatic carbocycles. The first kappa shape index (κ1) is 16.8. The van der Waals surface area contributed by atoms with Crippen molar-refractivity contribution < 1.29 is 9.53 Å². The highest BCUT2D eigenvalue weighted by molar-refractivity contribution is 6.04. The van der Waals surface area contributed by atoms with Crippen LogP contribution in [0.1, 0.15) is 17.3 Å². The van der Waals surface area contributed by atoms with Gasteiger partial charge < -0.3 is 15.0 Å². The van der Waals surface area contributed by atoms with E-state index in [1.165, 1.54) is 0 Å². The van der Waals surface area contributed by atoms with E-state index in [-0.39, 0.29) is 5.91 Å². The summed E-state index contributed by atoms with van der Waals surface area (Å²) in [7, 11) is 0. The number of rotatable bonds is 5. The third kappa shape index (κ3) is 3.67. The molecular weight excluding hydrogens is 338 g/mol. The Morgan fingerprint density at radius 3 is 2.44 bits per heavy atom. The van der Waals surface area contributed by atoms with Crippen molar-refractivity contribution in [3.8, 4) is 17.1 Å². The van der Waals surface area contributed by atoms with Crippen molar-refractivity contribution in [2.24, 2.45) is 0 Å². The molecule has 4 rings (SSSR count). The van der Waals surface area contributed by atoms with Gasteiger partial charge in [0.15, 0.2) is 0 Å². The second-order valence-corrected chi connectivity index (χ2v) is 6.09. The molecule has 0 aliphatic carbocycles. The number of hydrogen-bond acceptors (Lipinski definition) is 3. The molecule has 0 saturated heterocycles. The molecule has 0 atom stereocenters. The number of nitrogens with one attached hydrogen (secondary N) is 2. The summed E-state index contributed by atoms with van der Waals surface area (Å²) in [6.45, 7) is 2.55. The Bertz CT molecular complexity index is 1030. The lowest BCUT2D eigenvalue weighted by Gasteiger charge is -2.07. The van der Waals surface area contributed by atoms with Crippen LogP contribution in [0.5, 0.6) is 5.75 Å². The van der Waals surface area contributed by atoms with E-state index in [1.807, 2.05) is 67.6 Å². The number of fused-ring (bicyclic) bond motifs is 1. The average Bonchev–Trinajstić information content (AvgIpc) is 3.14. The maximum absolute atomic E-state index is 12.4. The minimum absolute atomic E-state index is 0.157. The Kier molecular flexibility index (Phi) is 4.58. The molecule has 0 aliphatic heterocycles. The van der Waals surface area contributed by atoms with Crippen LogP contribution in [-0.4, -0.2) is 22.5 Å². The number of ether oxygens (including phenoxy) is 1. The van der Waals surface area contributed by atoms with Gasteiger partial charge in [-0.15, -0.1) is 0 Å². The zero-order chi connectivity index (χ0) is 18.6. The van der Waals surface area contributed by atoms with Gasteiger partial charge in [-0.05, 0) is 55.5 Å². The lowest BCUT2D eigenvalue weighted by Crippen LogP contribution is -2.11. The zero-order valence-electron chi connectivity index (χ0n) is 14.9. The van der Waals surface area contributed by atoms with Crippen LogP contribution in [-0.2, 0) is 0 Å². The van der Waals surface area contributed by atoms with Gasteiger partial charge in [-0.1, -0.05) is 24.3 Å².